The number of nitrogens with zero attached hydrogens (tertiary/aromatic N) is 2. The van der Waals surface area contributed by atoms with Crippen LogP contribution >= 0.6 is 11.6 Å². The highest BCUT2D eigenvalue weighted by Crippen LogP contribution is 2.35. The SMILES string of the molecule is CC1CC(C(=O)O)CCN1c1ccc([N+](=O)[O-])cc1Cl. The molecule has 1 saturated heterocycles. The van der Waals surface area contributed by atoms with Gasteiger partial charge in [-0.3, -0.25) is 14.9 Å². The summed E-state index contributed by atoms with van der Waals surface area (Å²) in [5.41, 5.74) is 0.667. The smallest absolute Gasteiger partial charge is 0.306 e. The molecule has 0 saturated carbocycles. The zero-order chi connectivity index (χ0) is 14.9. The lowest BCUT2D eigenvalue weighted by molar-refractivity contribution is -0.384. The number of hydrogen-bond acceptors (Lipinski definition) is 4. The van der Waals surface area contributed by atoms with Crippen LogP contribution in [0, 0.1) is 16.0 Å². The molecule has 108 valence electrons. The molecule has 0 spiro atoms. The summed E-state index contributed by atoms with van der Waals surface area (Å²) in [5.74, 6) is -1.11. The average Bonchev–Trinajstić information content (AvgIpc) is 2.38. The van der Waals surface area contributed by atoms with E-state index in [-0.39, 0.29) is 17.6 Å². The highest BCUT2D eigenvalue weighted by Gasteiger charge is 2.30. The Hall–Kier alpha value is -1.82. The second-order valence-corrected chi connectivity index (χ2v) is 5.40. The van der Waals surface area contributed by atoms with Crippen LogP contribution in [-0.4, -0.2) is 28.6 Å². The minimum Gasteiger partial charge on any atom is -0.481 e. The van der Waals surface area contributed by atoms with Crippen LogP contribution in [-0.2, 0) is 4.79 Å². The summed E-state index contributed by atoms with van der Waals surface area (Å²) in [6.45, 7) is 2.52. The second kappa shape index (κ2) is 5.66. The van der Waals surface area contributed by atoms with Crippen LogP contribution in [0.5, 0.6) is 0 Å². The molecule has 1 aliphatic heterocycles. The van der Waals surface area contributed by atoms with Crippen molar-refractivity contribution in [2.75, 3.05) is 11.4 Å². The molecule has 2 atom stereocenters. The van der Waals surface area contributed by atoms with E-state index in [2.05, 4.69) is 0 Å². The Morgan fingerprint density at radius 3 is 2.75 bits per heavy atom. The van der Waals surface area contributed by atoms with Crippen LogP contribution in [0.4, 0.5) is 11.4 Å². The van der Waals surface area contributed by atoms with Crippen molar-refractivity contribution in [1.29, 1.82) is 0 Å². The predicted molar refractivity (Wildman–Crippen MR) is 75.3 cm³/mol. The third-order valence-corrected chi connectivity index (χ3v) is 3.98. The lowest BCUT2D eigenvalue weighted by atomic mass is 9.91. The number of non-ortho nitro benzene ring substituents is 1. The van der Waals surface area contributed by atoms with E-state index in [1.807, 2.05) is 11.8 Å². The van der Waals surface area contributed by atoms with Crippen molar-refractivity contribution >= 4 is 28.9 Å². The molecule has 1 aromatic rings. The van der Waals surface area contributed by atoms with Crippen molar-refractivity contribution in [3.05, 3.63) is 33.3 Å². The zero-order valence-electron chi connectivity index (χ0n) is 11.0. The average molecular weight is 299 g/mol. The van der Waals surface area contributed by atoms with E-state index in [1.165, 1.54) is 12.1 Å². The van der Waals surface area contributed by atoms with Crippen molar-refractivity contribution in [1.82, 2.24) is 0 Å². The van der Waals surface area contributed by atoms with Crippen LogP contribution in [0.1, 0.15) is 19.8 Å². The summed E-state index contributed by atoms with van der Waals surface area (Å²) in [6.07, 6.45) is 1.09. The van der Waals surface area contributed by atoms with Gasteiger partial charge in [-0.2, -0.15) is 0 Å². The highest BCUT2D eigenvalue weighted by atomic mass is 35.5. The minimum atomic E-state index is -0.772. The maximum absolute atomic E-state index is 11.0. The molecule has 0 radical (unpaired) electrons. The van der Waals surface area contributed by atoms with Gasteiger partial charge in [0.1, 0.15) is 0 Å². The van der Waals surface area contributed by atoms with Gasteiger partial charge in [0.15, 0.2) is 0 Å². The number of nitro groups is 1. The van der Waals surface area contributed by atoms with Gasteiger partial charge in [0.05, 0.1) is 21.6 Å². The molecule has 1 aliphatic rings. The first kappa shape index (κ1) is 14.6. The molecule has 7 heteroatoms. The number of benzene rings is 1. The number of hydrogen-bond donors (Lipinski definition) is 1. The molecule has 2 unspecified atom stereocenters. The lowest BCUT2D eigenvalue weighted by Gasteiger charge is -2.38. The number of carboxylic acid groups (broad SMARTS) is 1. The van der Waals surface area contributed by atoms with Crippen LogP contribution in [0.2, 0.25) is 5.02 Å². The topological polar surface area (TPSA) is 83.7 Å². The number of nitro benzene ring substituents is 1. The number of rotatable bonds is 3. The fourth-order valence-electron chi connectivity index (χ4n) is 2.60. The van der Waals surface area contributed by atoms with Crippen molar-refractivity contribution in [3.63, 3.8) is 0 Å². The standard InChI is InChI=1S/C13H15ClN2O4/c1-8-6-9(13(17)18)4-5-15(8)12-3-2-10(16(19)20)7-11(12)14/h2-3,7-9H,4-6H2,1H3,(H,17,18). The Balaban J connectivity index is 2.20. The summed E-state index contributed by atoms with van der Waals surface area (Å²) in [6, 6.07) is 4.39. The van der Waals surface area contributed by atoms with E-state index < -0.39 is 10.9 Å². The quantitative estimate of drug-likeness (QED) is 0.685. The maximum Gasteiger partial charge on any atom is 0.306 e. The Labute approximate surface area is 121 Å². The molecule has 2 rings (SSSR count). The number of halogens is 1. The third-order valence-electron chi connectivity index (χ3n) is 3.68. The van der Waals surface area contributed by atoms with E-state index in [9.17, 15) is 14.9 Å². The van der Waals surface area contributed by atoms with Crippen molar-refractivity contribution in [3.8, 4) is 0 Å². The van der Waals surface area contributed by atoms with E-state index in [0.29, 0.717) is 30.1 Å². The molecular formula is C13H15ClN2O4. The Morgan fingerprint density at radius 2 is 2.25 bits per heavy atom. The monoisotopic (exact) mass is 298 g/mol. The van der Waals surface area contributed by atoms with Crippen LogP contribution in [0.3, 0.4) is 0 Å². The molecule has 1 heterocycles. The Kier molecular flexibility index (Phi) is 4.13. The number of carboxylic acids is 1. The number of anilines is 1. The summed E-state index contributed by atoms with van der Waals surface area (Å²) < 4.78 is 0. The van der Waals surface area contributed by atoms with Gasteiger partial charge in [0, 0.05) is 24.7 Å². The molecule has 0 bridgehead atoms. The Bertz CT molecular complexity index is 549. The molecule has 1 aromatic carbocycles. The molecule has 0 amide bonds. The summed E-state index contributed by atoms with van der Waals surface area (Å²) in [5, 5.41) is 20.1. The fourth-order valence-corrected chi connectivity index (χ4v) is 2.88. The maximum atomic E-state index is 11.0. The first-order chi connectivity index (χ1) is 9.40. The van der Waals surface area contributed by atoms with Gasteiger partial charge >= 0.3 is 5.97 Å². The highest BCUT2D eigenvalue weighted by molar-refractivity contribution is 6.33. The molecule has 0 aliphatic carbocycles. The first-order valence-electron chi connectivity index (χ1n) is 6.33. The normalized spacial score (nSPS) is 22.6. The second-order valence-electron chi connectivity index (χ2n) is 4.99. The van der Waals surface area contributed by atoms with Gasteiger partial charge in [-0.05, 0) is 25.8 Å². The van der Waals surface area contributed by atoms with Gasteiger partial charge < -0.3 is 10.0 Å². The largest absolute Gasteiger partial charge is 0.481 e. The van der Waals surface area contributed by atoms with E-state index in [1.54, 1.807) is 6.07 Å². The fraction of sp³-hybridized carbons (Fsp3) is 0.462. The van der Waals surface area contributed by atoms with Gasteiger partial charge in [0.25, 0.3) is 5.69 Å². The van der Waals surface area contributed by atoms with Gasteiger partial charge in [-0.25, -0.2) is 0 Å². The van der Waals surface area contributed by atoms with Crippen LogP contribution in [0.25, 0.3) is 0 Å². The van der Waals surface area contributed by atoms with Gasteiger partial charge in [-0.15, -0.1) is 0 Å². The minimum absolute atomic E-state index is 0.0313. The lowest BCUT2D eigenvalue weighted by Crippen LogP contribution is -2.42. The molecule has 1 fully saturated rings. The molecule has 0 aromatic heterocycles. The molecule has 6 nitrogen and oxygen atoms in total. The molecule has 1 N–H and O–H groups in total. The summed E-state index contributed by atoms with van der Waals surface area (Å²) in [7, 11) is 0. The number of carbonyl (C=O) groups is 1. The van der Waals surface area contributed by atoms with E-state index in [0.717, 1.165) is 0 Å². The van der Waals surface area contributed by atoms with Crippen molar-refractivity contribution in [2.24, 2.45) is 5.92 Å². The van der Waals surface area contributed by atoms with Gasteiger partial charge in [-0.1, -0.05) is 11.6 Å². The van der Waals surface area contributed by atoms with E-state index in [4.69, 9.17) is 16.7 Å². The molecular weight excluding hydrogens is 284 g/mol. The number of aliphatic carboxylic acids is 1. The summed E-state index contributed by atoms with van der Waals surface area (Å²) in [4.78, 5) is 23.2. The van der Waals surface area contributed by atoms with Crippen LogP contribution in [0.15, 0.2) is 18.2 Å². The third kappa shape index (κ3) is 2.85. The van der Waals surface area contributed by atoms with Crippen molar-refractivity contribution < 1.29 is 14.8 Å². The molecule has 20 heavy (non-hydrogen) atoms. The number of piperidine rings is 1. The predicted octanol–water partition coefficient (Wildman–Crippen LogP) is 2.94. The zero-order valence-corrected chi connectivity index (χ0v) is 11.7. The Morgan fingerprint density at radius 1 is 1.55 bits per heavy atom. The van der Waals surface area contributed by atoms with Crippen molar-refractivity contribution in [2.45, 2.75) is 25.8 Å². The van der Waals surface area contributed by atoms with Gasteiger partial charge in [0.2, 0.25) is 0 Å². The van der Waals surface area contributed by atoms with Crippen LogP contribution < -0.4 is 4.90 Å². The first-order valence-corrected chi connectivity index (χ1v) is 6.71. The summed E-state index contributed by atoms with van der Waals surface area (Å²) >= 11 is 6.11. The van der Waals surface area contributed by atoms with E-state index >= 15 is 0 Å².